The SMILES string of the molecule is CCC(=O)N1CCc2cc(-c3ccc(C)cc3)ccc21.Cc1ccc(CNC=O)cc1. The molecule has 0 radical (unpaired) electrons. The van der Waals surface area contributed by atoms with Gasteiger partial charge in [-0.25, -0.2) is 0 Å². The fourth-order valence-electron chi connectivity index (χ4n) is 3.64. The van der Waals surface area contributed by atoms with E-state index < -0.39 is 0 Å². The highest BCUT2D eigenvalue weighted by atomic mass is 16.2. The minimum Gasteiger partial charge on any atom is -0.355 e. The zero-order valence-corrected chi connectivity index (χ0v) is 18.5. The van der Waals surface area contributed by atoms with Crippen molar-refractivity contribution in [2.75, 3.05) is 11.4 Å². The molecule has 1 N–H and O–H groups in total. The Balaban J connectivity index is 0.000000210. The predicted molar refractivity (Wildman–Crippen MR) is 127 cm³/mol. The van der Waals surface area contributed by atoms with Gasteiger partial charge in [-0.05, 0) is 54.7 Å². The van der Waals surface area contributed by atoms with Gasteiger partial charge in [-0.1, -0.05) is 72.6 Å². The van der Waals surface area contributed by atoms with Gasteiger partial charge in [0.2, 0.25) is 12.3 Å². The lowest BCUT2D eigenvalue weighted by atomic mass is 10.0. The number of aryl methyl sites for hydroxylation is 2. The Morgan fingerprint density at radius 3 is 2.16 bits per heavy atom. The van der Waals surface area contributed by atoms with E-state index in [1.165, 1.54) is 27.8 Å². The van der Waals surface area contributed by atoms with Crippen LogP contribution in [0.4, 0.5) is 5.69 Å². The average molecular weight is 415 g/mol. The van der Waals surface area contributed by atoms with E-state index >= 15 is 0 Å². The maximum absolute atomic E-state index is 11.9. The zero-order chi connectivity index (χ0) is 22.2. The largest absolute Gasteiger partial charge is 0.355 e. The van der Waals surface area contributed by atoms with Crippen molar-refractivity contribution in [3.63, 3.8) is 0 Å². The molecule has 2 amide bonds. The van der Waals surface area contributed by atoms with Crippen LogP contribution >= 0.6 is 0 Å². The fourth-order valence-corrected chi connectivity index (χ4v) is 3.64. The molecule has 0 fully saturated rings. The summed E-state index contributed by atoms with van der Waals surface area (Å²) in [5.41, 5.74) is 8.47. The second kappa shape index (κ2) is 10.6. The van der Waals surface area contributed by atoms with Gasteiger partial charge in [-0.15, -0.1) is 0 Å². The van der Waals surface area contributed by atoms with E-state index in [0.717, 1.165) is 24.2 Å². The predicted octanol–water partition coefficient (Wildman–Crippen LogP) is 5.20. The van der Waals surface area contributed by atoms with Crippen molar-refractivity contribution in [2.24, 2.45) is 0 Å². The summed E-state index contributed by atoms with van der Waals surface area (Å²) in [6.45, 7) is 7.49. The monoisotopic (exact) mass is 414 g/mol. The summed E-state index contributed by atoms with van der Waals surface area (Å²) in [6, 6.07) is 23.1. The molecule has 0 unspecified atom stereocenters. The number of rotatable bonds is 5. The Hall–Kier alpha value is -3.40. The molecular formula is C27H30N2O2. The van der Waals surface area contributed by atoms with Crippen molar-refractivity contribution in [3.05, 3.63) is 89.0 Å². The first kappa shape index (κ1) is 22.3. The van der Waals surface area contributed by atoms with E-state index in [0.29, 0.717) is 19.4 Å². The molecule has 1 aliphatic heterocycles. The number of hydrogen-bond acceptors (Lipinski definition) is 2. The van der Waals surface area contributed by atoms with E-state index in [1.807, 2.05) is 43.0 Å². The topological polar surface area (TPSA) is 49.4 Å². The highest BCUT2D eigenvalue weighted by molar-refractivity contribution is 5.95. The Kier molecular flexibility index (Phi) is 7.60. The molecule has 4 rings (SSSR count). The molecule has 4 heteroatoms. The van der Waals surface area contributed by atoms with E-state index in [2.05, 4.69) is 54.7 Å². The number of nitrogens with zero attached hydrogens (tertiary/aromatic N) is 1. The van der Waals surface area contributed by atoms with E-state index in [-0.39, 0.29) is 5.91 Å². The van der Waals surface area contributed by atoms with E-state index in [1.54, 1.807) is 0 Å². The number of hydrogen-bond donors (Lipinski definition) is 1. The molecule has 0 aliphatic carbocycles. The second-order valence-electron chi connectivity index (χ2n) is 7.84. The summed E-state index contributed by atoms with van der Waals surface area (Å²) in [5, 5.41) is 2.60. The van der Waals surface area contributed by atoms with Gasteiger partial charge in [0.05, 0.1) is 0 Å². The van der Waals surface area contributed by atoms with Crippen LogP contribution in [0.3, 0.4) is 0 Å². The molecule has 1 aliphatic rings. The minimum atomic E-state index is 0.215. The third-order valence-corrected chi connectivity index (χ3v) is 5.47. The Morgan fingerprint density at radius 1 is 0.935 bits per heavy atom. The maximum atomic E-state index is 11.9. The van der Waals surface area contributed by atoms with Crippen molar-refractivity contribution >= 4 is 18.0 Å². The molecule has 3 aromatic carbocycles. The standard InChI is InChI=1S/C18H19NO.C9H11NO/c1-3-18(20)19-11-10-16-12-15(8-9-17(16)19)14-6-4-13(2)5-7-14;1-8-2-4-9(5-3-8)6-10-7-11/h4-9,12H,3,10-11H2,1-2H3;2-5,7H,6H2,1H3,(H,10,11). The summed E-state index contributed by atoms with van der Waals surface area (Å²) in [7, 11) is 0. The van der Waals surface area contributed by atoms with Gasteiger partial charge in [-0.2, -0.15) is 0 Å². The lowest BCUT2D eigenvalue weighted by Gasteiger charge is -2.16. The summed E-state index contributed by atoms with van der Waals surface area (Å²) in [5.74, 6) is 0.215. The van der Waals surface area contributed by atoms with Crippen LogP contribution in [-0.2, 0) is 22.6 Å². The van der Waals surface area contributed by atoms with Gasteiger partial charge in [0.25, 0.3) is 0 Å². The van der Waals surface area contributed by atoms with Crippen LogP contribution in [0.2, 0.25) is 0 Å². The molecule has 0 aromatic heterocycles. The van der Waals surface area contributed by atoms with Gasteiger partial charge < -0.3 is 10.2 Å². The molecule has 4 nitrogen and oxygen atoms in total. The number of carbonyl (C=O) groups excluding carboxylic acids is 2. The zero-order valence-electron chi connectivity index (χ0n) is 18.5. The van der Waals surface area contributed by atoms with Gasteiger partial charge in [0.1, 0.15) is 0 Å². The van der Waals surface area contributed by atoms with Crippen molar-refractivity contribution in [1.82, 2.24) is 5.32 Å². The van der Waals surface area contributed by atoms with Crippen molar-refractivity contribution < 1.29 is 9.59 Å². The van der Waals surface area contributed by atoms with Gasteiger partial charge >= 0.3 is 0 Å². The Labute approximate surface area is 184 Å². The number of benzene rings is 3. The van der Waals surface area contributed by atoms with Crippen LogP contribution in [0.5, 0.6) is 0 Å². The van der Waals surface area contributed by atoms with Crippen molar-refractivity contribution in [2.45, 2.75) is 40.2 Å². The summed E-state index contributed by atoms with van der Waals surface area (Å²) in [6.07, 6.45) is 2.24. The molecular weight excluding hydrogens is 384 g/mol. The summed E-state index contributed by atoms with van der Waals surface area (Å²) < 4.78 is 0. The maximum Gasteiger partial charge on any atom is 0.226 e. The summed E-state index contributed by atoms with van der Waals surface area (Å²) in [4.78, 5) is 23.7. The number of nitrogens with one attached hydrogen (secondary N) is 1. The lowest BCUT2D eigenvalue weighted by Crippen LogP contribution is -2.27. The first-order valence-corrected chi connectivity index (χ1v) is 10.7. The van der Waals surface area contributed by atoms with Crippen LogP contribution in [0, 0.1) is 13.8 Å². The van der Waals surface area contributed by atoms with E-state index in [4.69, 9.17) is 0 Å². The van der Waals surface area contributed by atoms with Crippen LogP contribution in [-0.4, -0.2) is 18.9 Å². The quantitative estimate of drug-likeness (QED) is 0.583. The normalized spacial score (nSPS) is 11.9. The minimum absolute atomic E-state index is 0.215. The highest BCUT2D eigenvalue weighted by Gasteiger charge is 2.23. The van der Waals surface area contributed by atoms with Gasteiger partial charge in [-0.3, -0.25) is 9.59 Å². The Bertz CT molecular complexity index is 1020. The summed E-state index contributed by atoms with van der Waals surface area (Å²) >= 11 is 0. The molecule has 0 atom stereocenters. The fraction of sp³-hybridized carbons (Fsp3) is 0.259. The number of amides is 2. The Morgan fingerprint density at radius 2 is 1.55 bits per heavy atom. The molecule has 0 bridgehead atoms. The molecule has 0 saturated heterocycles. The third kappa shape index (κ3) is 5.82. The van der Waals surface area contributed by atoms with Gasteiger partial charge in [0.15, 0.2) is 0 Å². The number of anilines is 1. The second-order valence-corrected chi connectivity index (χ2v) is 7.84. The smallest absolute Gasteiger partial charge is 0.226 e. The van der Waals surface area contributed by atoms with Crippen LogP contribution in [0.25, 0.3) is 11.1 Å². The van der Waals surface area contributed by atoms with Crippen molar-refractivity contribution in [1.29, 1.82) is 0 Å². The average Bonchev–Trinajstić information content (AvgIpc) is 3.22. The highest BCUT2D eigenvalue weighted by Crippen LogP contribution is 2.32. The molecule has 31 heavy (non-hydrogen) atoms. The molecule has 160 valence electrons. The molecule has 1 heterocycles. The number of fused-ring (bicyclic) bond motifs is 1. The van der Waals surface area contributed by atoms with Crippen molar-refractivity contribution in [3.8, 4) is 11.1 Å². The number of carbonyl (C=O) groups is 2. The first-order chi connectivity index (χ1) is 15.0. The van der Waals surface area contributed by atoms with Crippen LogP contribution in [0.15, 0.2) is 66.7 Å². The first-order valence-electron chi connectivity index (χ1n) is 10.7. The van der Waals surface area contributed by atoms with Crippen LogP contribution < -0.4 is 10.2 Å². The molecule has 3 aromatic rings. The lowest BCUT2D eigenvalue weighted by molar-refractivity contribution is -0.118. The molecule has 0 spiro atoms. The van der Waals surface area contributed by atoms with E-state index in [9.17, 15) is 9.59 Å². The molecule has 0 saturated carbocycles. The van der Waals surface area contributed by atoms with Gasteiger partial charge in [0, 0.05) is 25.2 Å². The third-order valence-electron chi connectivity index (χ3n) is 5.47. The van der Waals surface area contributed by atoms with Crippen LogP contribution in [0.1, 0.15) is 35.6 Å².